The molecular formula is C7H4FNO2. The SMILES string of the molecule is Oc1cccc2nc(F)oc12. The predicted octanol–water partition coefficient (Wildman–Crippen LogP) is 1.67. The molecule has 11 heavy (non-hydrogen) atoms. The van der Waals surface area contributed by atoms with Crippen LogP contribution < -0.4 is 0 Å². The summed E-state index contributed by atoms with van der Waals surface area (Å²) < 4.78 is 16.8. The van der Waals surface area contributed by atoms with Crippen molar-refractivity contribution in [2.45, 2.75) is 0 Å². The van der Waals surface area contributed by atoms with Gasteiger partial charge < -0.3 is 9.52 Å². The van der Waals surface area contributed by atoms with Gasteiger partial charge in [0, 0.05) is 0 Å². The van der Waals surface area contributed by atoms with Gasteiger partial charge in [0.15, 0.2) is 11.3 Å². The van der Waals surface area contributed by atoms with Crippen LogP contribution in [0.15, 0.2) is 22.6 Å². The van der Waals surface area contributed by atoms with Crippen molar-refractivity contribution in [1.29, 1.82) is 0 Å². The van der Waals surface area contributed by atoms with Gasteiger partial charge in [-0.05, 0) is 12.1 Å². The number of phenolic OH excluding ortho intramolecular Hbond substituents is 1. The number of hydrogen-bond donors (Lipinski definition) is 1. The summed E-state index contributed by atoms with van der Waals surface area (Å²) >= 11 is 0. The monoisotopic (exact) mass is 153 g/mol. The lowest BCUT2D eigenvalue weighted by Crippen LogP contribution is -1.67. The molecule has 0 fully saturated rings. The highest BCUT2D eigenvalue weighted by Gasteiger charge is 2.06. The molecule has 56 valence electrons. The molecule has 0 bridgehead atoms. The summed E-state index contributed by atoms with van der Waals surface area (Å²) in [5, 5.41) is 9.08. The van der Waals surface area contributed by atoms with Crippen LogP contribution in [-0.2, 0) is 0 Å². The zero-order valence-electron chi connectivity index (χ0n) is 5.41. The van der Waals surface area contributed by atoms with Gasteiger partial charge in [0.05, 0.1) is 0 Å². The van der Waals surface area contributed by atoms with Gasteiger partial charge in [0.2, 0.25) is 0 Å². The van der Waals surface area contributed by atoms with Crippen molar-refractivity contribution >= 4 is 11.1 Å². The van der Waals surface area contributed by atoms with Crippen LogP contribution in [0.2, 0.25) is 0 Å². The van der Waals surface area contributed by atoms with Crippen LogP contribution in [-0.4, -0.2) is 10.1 Å². The van der Waals surface area contributed by atoms with E-state index in [0.717, 1.165) is 0 Å². The second-order valence-corrected chi connectivity index (χ2v) is 2.09. The Hall–Kier alpha value is -1.58. The minimum atomic E-state index is -0.929. The fourth-order valence-corrected chi connectivity index (χ4v) is 0.907. The molecular weight excluding hydrogens is 149 g/mol. The Morgan fingerprint density at radius 2 is 2.27 bits per heavy atom. The third-order valence-corrected chi connectivity index (χ3v) is 1.37. The molecule has 0 aliphatic carbocycles. The maximum absolute atomic E-state index is 12.3. The summed E-state index contributed by atoms with van der Waals surface area (Å²) in [7, 11) is 0. The van der Waals surface area contributed by atoms with Crippen molar-refractivity contribution in [1.82, 2.24) is 4.98 Å². The van der Waals surface area contributed by atoms with Crippen molar-refractivity contribution in [2.24, 2.45) is 0 Å². The number of hydrogen-bond acceptors (Lipinski definition) is 3. The standard InChI is InChI=1S/C7H4FNO2/c8-7-9-4-2-1-3-5(10)6(4)11-7/h1-3,10H. The maximum Gasteiger partial charge on any atom is 0.382 e. The van der Waals surface area contributed by atoms with E-state index in [9.17, 15) is 4.39 Å². The first-order valence-corrected chi connectivity index (χ1v) is 3.01. The largest absolute Gasteiger partial charge is 0.504 e. The maximum atomic E-state index is 12.3. The predicted molar refractivity (Wildman–Crippen MR) is 35.6 cm³/mol. The number of oxazole rings is 1. The third kappa shape index (κ3) is 0.832. The number of fused-ring (bicyclic) bond motifs is 1. The topological polar surface area (TPSA) is 46.3 Å². The van der Waals surface area contributed by atoms with Gasteiger partial charge in [-0.15, -0.1) is 4.39 Å². The molecule has 0 radical (unpaired) electrons. The summed E-state index contributed by atoms with van der Waals surface area (Å²) in [5.41, 5.74) is 0.410. The van der Waals surface area contributed by atoms with Crippen LogP contribution >= 0.6 is 0 Å². The lowest BCUT2D eigenvalue weighted by molar-refractivity contribution is 0.347. The highest BCUT2D eigenvalue weighted by Crippen LogP contribution is 2.23. The summed E-state index contributed by atoms with van der Waals surface area (Å²) in [6, 6.07) is 4.54. The summed E-state index contributed by atoms with van der Waals surface area (Å²) in [5.74, 6) is -0.0982. The van der Waals surface area contributed by atoms with E-state index >= 15 is 0 Å². The normalized spacial score (nSPS) is 10.6. The molecule has 0 aliphatic rings. The van der Waals surface area contributed by atoms with E-state index in [1.54, 1.807) is 12.1 Å². The van der Waals surface area contributed by atoms with Crippen LogP contribution in [0.25, 0.3) is 11.1 Å². The fourth-order valence-electron chi connectivity index (χ4n) is 0.907. The molecule has 0 atom stereocenters. The zero-order valence-corrected chi connectivity index (χ0v) is 5.41. The fraction of sp³-hybridized carbons (Fsp3) is 0. The first-order valence-electron chi connectivity index (χ1n) is 3.01. The molecule has 3 nitrogen and oxygen atoms in total. The number of aromatic nitrogens is 1. The summed E-state index contributed by atoms with van der Waals surface area (Å²) in [4.78, 5) is 3.38. The number of nitrogens with zero attached hydrogens (tertiary/aromatic N) is 1. The average molecular weight is 153 g/mol. The molecule has 2 rings (SSSR count). The number of rotatable bonds is 0. The van der Waals surface area contributed by atoms with Gasteiger partial charge >= 0.3 is 6.14 Å². The Balaban J connectivity index is 2.90. The Bertz CT molecular complexity index is 396. The molecule has 0 unspecified atom stereocenters. The molecule has 1 heterocycles. The highest BCUT2D eigenvalue weighted by atomic mass is 19.1. The quantitative estimate of drug-likeness (QED) is 0.626. The van der Waals surface area contributed by atoms with Crippen molar-refractivity contribution in [2.75, 3.05) is 0 Å². The second kappa shape index (κ2) is 1.95. The van der Waals surface area contributed by atoms with E-state index in [0.29, 0.717) is 5.52 Å². The van der Waals surface area contributed by atoms with Crippen LogP contribution in [0, 0.1) is 6.14 Å². The van der Waals surface area contributed by atoms with Gasteiger partial charge in [-0.25, -0.2) is 0 Å². The van der Waals surface area contributed by atoms with E-state index in [1.807, 2.05) is 0 Å². The van der Waals surface area contributed by atoms with Crippen LogP contribution in [0.1, 0.15) is 0 Å². The van der Waals surface area contributed by atoms with Crippen molar-refractivity contribution in [3.8, 4) is 5.75 Å². The molecule has 0 saturated carbocycles. The Kier molecular flexibility index (Phi) is 1.09. The van der Waals surface area contributed by atoms with Gasteiger partial charge in [-0.2, -0.15) is 4.98 Å². The van der Waals surface area contributed by atoms with E-state index in [1.165, 1.54) is 6.07 Å². The first kappa shape index (κ1) is 6.15. The smallest absolute Gasteiger partial charge is 0.382 e. The number of benzene rings is 1. The lowest BCUT2D eigenvalue weighted by Gasteiger charge is -1.87. The highest BCUT2D eigenvalue weighted by molar-refractivity contribution is 5.78. The van der Waals surface area contributed by atoms with Crippen molar-refractivity contribution in [3.05, 3.63) is 24.3 Å². The molecule has 0 spiro atoms. The first-order chi connectivity index (χ1) is 5.27. The Morgan fingerprint density at radius 1 is 1.45 bits per heavy atom. The molecule has 0 aliphatic heterocycles. The molecule has 0 saturated heterocycles. The van der Waals surface area contributed by atoms with E-state index in [2.05, 4.69) is 9.40 Å². The van der Waals surface area contributed by atoms with E-state index < -0.39 is 6.14 Å². The molecule has 0 amide bonds. The molecule has 1 N–H and O–H groups in total. The number of halogens is 1. The number of phenols is 1. The number of aromatic hydroxyl groups is 1. The summed E-state index contributed by atoms with van der Waals surface area (Å²) in [6.45, 7) is 0. The van der Waals surface area contributed by atoms with Crippen LogP contribution in [0.4, 0.5) is 4.39 Å². The minimum Gasteiger partial charge on any atom is -0.504 e. The minimum absolute atomic E-state index is 0.0880. The molecule has 1 aromatic carbocycles. The van der Waals surface area contributed by atoms with Gasteiger partial charge in [0.1, 0.15) is 5.52 Å². The van der Waals surface area contributed by atoms with Crippen molar-refractivity contribution in [3.63, 3.8) is 0 Å². The Morgan fingerprint density at radius 3 is 3.00 bits per heavy atom. The van der Waals surface area contributed by atoms with Gasteiger partial charge in [0.25, 0.3) is 0 Å². The van der Waals surface area contributed by atoms with Crippen LogP contribution in [0.5, 0.6) is 5.75 Å². The molecule has 4 heteroatoms. The number of para-hydroxylation sites is 1. The second-order valence-electron chi connectivity index (χ2n) is 2.09. The molecule has 2 aromatic rings. The van der Waals surface area contributed by atoms with Crippen molar-refractivity contribution < 1.29 is 13.9 Å². The Labute approximate surface area is 61.1 Å². The average Bonchev–Trinajstić information content (AvgIpc) is 2.31. The summed E-state index contributed by atoms with van der Waals surface area (Å²) in [6.07, 6.45) is -0.929. The van der Waals surface area contributed by atoms with E-state index in [4.69, 9.17) is 5.11 Å². The lowest BCUT2D eigenvalue weighted by atomic mass is 10.3. The third-order valence-electron chi connectivity index (χ3n) is 1.37. The van der Waals surface area contributed by atoms with E-state index in [-0.39, 0.29) is 11.3 Å². The van der Waals surface area contributed by atoms with Gasteiger partial charge in [-0.1, -0.05) is 6.07 Å². The molecule has 1 aromatic heterocycles. The van der Waals surface area contributed by atoms with Gasteiger partial charge in [-0.3, -0.25) is 0 Å². The van der Waals surface area contributed by atoms with Crippen LogP contribution in [0.3, 0.4) is 0 Å². The zero-order chi connectivity index (χ0) is 7.84.